The summed E-state index contributed by atoms with van der Waals surface area (Å²) in [5.74, 6) is 1.000. The number of carbonyl (C=O) groups is 1. The lowest BCUT2D eigenvalue weighted by molar-refractivity contribution is 0.0724. The summed E-state index contributed by atoms with van der Waals surface area (Å²) in [7, 11) is 3.85. The number of carbonyl (C=O) groups excluding carboxylic acids is 1. The van der Waals surface area contributed by atoms with Gasteiger partial charge in [-0.25, -0.2) is 0 Å². The van der Waals surface area contributed by atoms with E-state index < -0.39 is 0 Å². The Morgan fingerprint density at radius 2 is 1.73 bits per heavy atom. The average Bonchev–Trinajstić information content (AvgIpc) is 2.76. The van der Waals surface area contributed by atoms with Crippen molar-refractivity contribution >= 4 is 35.8 Å². The first-order chi connectivity index (χ1) is 14.1. The Bertz CT molecular complexity index is 845. The highest BCUT2D eigenvalue weighted by molar-refractivity contribution is 14.0. The van der Waals surface area contributed by atoms with Gasteiger partial charge in [-0.05, 0) is 55.0 Å². The van der Waals surface area contributed by atoms with Gasteiger partial charge in [-0.15, -0.1) is 24.0 Å². The Morgan fingerprint density at radius 3 is 2.37 bits per heavy atom. The smallest absolute Gasteiger partial charge is 0.253 e. The molecule has 30 heavy (non-hydrogen) atoms. The second-order valence-electron chi connectivity index (χ2n) is 7.73. The molecular formula is C24H33IN4O. The van der Waals surface area contributed by atoms with Crippen LogP contribution in [0.1, 0.15) is 46.3 Å². The monoisotopic (exact) mass is 520 g/mol. The van der Waals surface area contributed by atoms with Crippen LogP contribution < -0.4 is 5.32 Å². The summed E-state index contributed by atoms with van der Waals surface area (Å²) in [6.07, 6.45) is 3.46. The van der Waals surface area contributed by atoms with Gasteiger partial charge in [0.15, 0.2) is 5.96 Å². The molecule has 1 aliphatic rings. The molecule has 1 N–H and O–H groups in total. The van der Waals surface area contributed by atoms with Gasteiger partial charge in [-0.1, -0.05) is 36.4 Å². The molecule has 1 aliphatic heterocycles. The predicted octanol–water partition coefficient (Wildman–Crippen LogP) is 4.45. The zero-order valence-corrected chi connectivity index (χ0v) is 20.6. The van der Waals surface area contributed by atoms with Crippen molar-refractivity contribution in [2.24, 2.45) is 4.99 Å². The number of hydrogen-bond acceptors (Lipinski definition) is 2. The first kappa shape index (κ1) is 24.2. The molecule has 162 valence electrons. The Labute approximate surface area is 197 Å². The molecule has 6 heteroatoms. The van der Waals surface area contributed by atoms with Crippen LogP contribution >= 0.6 is 24.0 Å². The molecule has 0 atom stereocenters. The Kier molecular flexibility index (Phi) is 9.62. The first-order valence-electron chi connectivity index (χ1n) is 10.4. The van der Waals surface area contributed by atoms with Crippen molar-refractivity contribution in [2.75, 3.05) is 27.2 Å². The van der Waals surface area contributed by atoms with E-state index in [0.29, 0.717) is 6.54 Å². The lowest BCUT2D eigenvalue weighted by atomic mass is 10.1. The summed E-state index contributed by atoms with van der Waals surface area (Å²) >= 11 is 0. The standard InChI is InChI=1S/C24H32N4O.HI/c1-19-9-5-6-10-22(19)18-27(3)24(25-2)26-17-20-11-13-21(14-12-20)23(29)28-15-7-4-8-16-28;/h5-6,9-14H,4,7-8,15-18H2,1-3H3,(H,25,26);1H. The summed E-state index contributed by atoms with van der Waals surface area (Å²) in [6, 6.07) is 16.3. The Hall–Kier alpha value is -2.09. The maximum Gasteiger partial charge on any atom is 0.253 e. The summed E-state index contributed by atoms with van der Waals surface area (Å²) in [5.41, 5.74) is 4.48. The number of amides is 1. The van der Waals surface area contributed by atoms with Crippen LogP contribution in [0.4, 0.5) is 0 Å². The number of benzene rings is 2. The molecule has 0 radical (unpaired) electrons. The van der Waals surface area contributed by atoms with E-state index in [9.17, 15) is 4.79 Å². The highest BCUT2D eigenvalue weighted by Crippen LogP contribution is 2.14. The van der Waals surface area contributed by atoms with Gasteiger partial charge >= 0.3 is 0 Å². The van der Waals surface area contributed by atoms with Gasteiger partial charge in [-0.3, -0.25) is 9.79 Å². The number of nitrogens with one attached hydrogen (secondary N) is 1. The number of hydrogen-bond donors (Lipinski definition) is 1. The first-order valence-corrected chi connectivity index (χ1v) is 10.4. The van der Waals surface area contributed by atoms with Gasteiger partial charge in [0.05, 0.1) is 0 Å². The molecule has 0 saturated carbocycles. The molecule has 0 spiro atoms. The number of aliphatic imine (C=N–C) groups is 1. The molecular weight excluding hydrogens is 487 g/mol. The van der Waals surface area contributed by atoms with Gasteiger partial charge < -0.3 is 15.1 Å². The second-order valence-corrected chi connectivity index (χ2v) is 7.73. The largest absolute Gasteiger partial charge is 0.352 e. The van der Waals surface area contributed by atoms with Gasteiger partial charge in [0.2, 0.25) is 0 Å². The van der Waals surface area contributed by atoms with Crippen molar-refractivity contribution in [3.8, 4) is 0 Å². The predicted molar refractivity (Wildman–Crippen MR) is 134 cm³/mol. The average molecular weight is 520 g/mol. The van der Waals surface area contributed by atoms with E-state index in [1.807, 2.05) is 36.2 Å². The van der Waals surface area contributed by atoms with E-state index in [1.54, 1.807) is 7.05 Å². The Morgan fingerprint density at radius 1 is 1.07 bits per heavy atom. The third-order valence-corrected chi connectivity index (χ3v) is 5.54. The van der Waals surface area contributed by atoms with Crippen molar-refractivity contribution in [3.05, 3.63) is 70.8 Å². The zero-order chi connectivity index (χ0) is 20.6. The van der Waals surface area contributed by atoms with Gasteiger partial charge in [0, 0.05) is 45.8 Å². The van der Waals surface area contributed by atoms with Crippen LogP contribution in [0.5, 0.6) is 0 Å². The van der Waals surface area contributed by atoms with Crippen LogP contribution in [0.2, 0.25) is 0 Å². The van der Waals surface area contributed by atoms with Crippen LogP contribution in [0, 0.1) is 6.92 Å². The van der Waals surface area contributed by atoms with Crippen LogP contribution in [0.25, 0.3) is 0 Å². The number of aryl methyl sites for hydroxylation is 1. The summed E-state index contributed by atoms with van der Waals surface area (Å²) in [6.45, 7) is 5.36. The lowest BCUT2D eigenvalue weighted by Gasteiger charge is -2.26. The van der Waals surface area contributed by atoms with E-state index in [-0.39, 0.29) is 29.9 Å². The molecule has 0 bridgehead atoms. The molecule has 1 heterocycles. The maximum absolute atomic E-state index is 12.6. The molecule has 2 aromatic carbocycles. The Balaban J connectivity index is 0.00000320. The summed E-state index contributed by atoms with van der Waals surface area (Å²) in [5, 5.41) is 3.42. The molecule has 1 fully saturated rings. The molecule has 1 saturated heterocycles. The fourth-order valence-corrected chi connectivity index (χ4v) is 3.73. The summed E-state index contributed by atoms with van der Waals surface area (Å²) < 4.78 is 0. The summed E-state index contributed by atoms with van der Waals surface area (Å²) in [4.78, 5) is 21.1. The van der Waals surface area contributed by atoms with E-state index in [0.717, 1.165) is 49.6 Å². The molecule has 2 aromatic rings. The topological polar surface area (TPSA) is 47.9 Å². The maximum atomic E-state index is 12.6. The van der Waals surface area contributed by atoms with Crippen molar-refractivity contribution in [1.82, 2.24) is 15.1 Å². The van der Waals surface area contributed by atoms with E-state index in [4.69, 9.17) is 0 Å². The molecule has 0 aromatic heterocycles. The molecule has 5 nitrogen and oxygen atoms in total. The van der Waals surface area contributed by atoms with Gasteiger partial charge in [0.25, 0.3) is 5.91 Å². The zero-order valence-electron chi connectivity index (χ0n) is 18.2. The minimum atomic E-state index is 0. The number of likely N-dealkylation sites (tertiary alicyclic amines) is 1. The fraction of sp³-hybridized carbons (Fsp3) is 0.417. The van der Waals surface area contributed by atoms with E-state index in [1.165, 1.54) is 17.5 Å². The van der Waals surface area contributed by atoms with Crippen LogP contribution in [0.3, 0.4) is 0 Å². The SMILES string of the molecule is CN=C(NCc1ccc(C(=O)N2CCCCC2)cc1)N(C)Cc1ccccc1C.I. The molecule has 0 unspecified atom stereocenters. The van der Waals surface area contributed by atoms with Crippen LogP contribution in [-0.2, 0) is 13.1 Å². The second kappa shape index (κ2) is 11.9. The quantitative estimate of drug-likeness (QED) is 0.360. The van der Waals surface area contributed by atoms with Crippen molar-refractivity contribution in [2.45, 2.75) is 39.3 Å². The third-order valence-electron chi connectivity index (χ3n) is 5.54. The van der Waals surface area contributed by atoms with E-state index >= 15 is 0 Å². The van der Waals surface area contributed by atoms with Crippen LogP contribution in [-0.4, -0.2) is 48.9 Å². The third kappa shape index (κ3) is 6.45. The molecule has 3 rings (SSSR count). The van der Waals surface area contributed by atoms with Crippen molar-refractivity contribution < 1.29 is 4.79 Å². The van der Waals surface area contributed by atoms with Crippen molar-refractivity contribution in [3.63, 3.8) is 0 Å². The number of piperidine rings is 1. The molecule has 1 amide bonds. The lowest BCUT2D eigenvalue weighted by Crippen LogP contribution is -2.38. The normalized spacial score (nSPS) is 14.1. The number of nitrogens with zero attached hydrogens (tertiary/aromatic N) is 3. The molecule has 0 aliphatic carbocycles. The van der Waals surface area contributed by atoms with Crippen molar-refractivity contribution in [1.29, 1.82) is 0 Å². The number of rotatable bonds is 5. The minimum absolute atomic E-state index is 0. The number of halogens is 1. The van der Waals surface area contributed by atoms with Gasteiger partial charge in [0.1, 0.15) is 0 Å². The number of guanidine groups is 1. The van der Waals surface area contributed by atoms with Gasteiger partial charge in [-0.2, -0.15) is 0 Å². The van der Waals surface area contributed by atoms with Crippen LogP contribution in [0.15, 0.2) is 53.5 Å². The minimum Gasteiger partial charge on any atom is -0.352 e. The van der Waals surface area contributed by atoms with E-state index in [2.05, 4.69) is 46.4 Å². The fourth-order valence-electron chi connectivity index (χ4n) is 3.73. The highest BCUT2D eigenvalue weighted by Gasteiger charge is 2.17. The highest BCUT2D eigenvalue weighted by atomic mass is 127.